The molecule has 10 heteroatoms. The number of nitrogens with one attached hydrogen (secondary N) is 2. The Morgan fingerprint density at radius 2 is 1.81 bits per heavy atom. The van der Waals surface area contributed by atoms with E-state index in [9.17, 15) is 0 Å². The monoisotopic (exact) mass is 516 g/mol. The highest BCUT2D eigenvalue weighted by atomic mass is 79.9. The van der Waals surface area contributed by atoms with Crippen LogP contribution in [0.5, 0.6) is 5.75 Å². The third kappa shape index (κ3) is 6.30. The van der Waals surface area contributed by atoms with Gasteiger partial charge in [-0.3, -0.25) is 4.68 Å². The maximum Gasteiger partial charge on any atom is 0.180 e. The summed E-state index contributed by atoms with van der Waals surface area (Å²) in [5, 5.41) is 16.1. The third-order valence-electron chi connectivity index (χ3n) is 4.21. The van der Waals surface area contributed by atoms with E-state index in [-0.39, 0.29) is 0 Å². The number of thiocarbonyl (C=S) groups is 1. The van der Waals surface area contributed by atoms with Gasteiger partial charge in [0, 0.05) is 21.8 Å². The van der Waals surface area contributed by atoms with Gasteiger partial charge in [-0.2, -0.15) is 10.2 Å². The number of hydrogen-bond acceptors (Lipinski definition) is 4. The van der Waals surface area contributed by atoms with Gasteiger partial charge >= 0.3 is 0 Å². The molecule has 0 fully saturated rings. The van der Waals surface area contributed by atoms with Crippen LogP contribution >= 0.6 is 39.7 Å². The summed E-state index contributed by atoms with van der Waals surface area (Å²) >= 11 is 14.7. The van der Waals surface area contributed by atoms with Crippen LogP contribution in [0.3, 0.4) is 0 Å². The van der Waals surface area contributed by atoms with Gasteiger partial charge in [-0.05, 0) is 54.2 Å². The molecule has 2 aromatic heterocycles. The molecule has 2 N–H and O–H groups in total. The molecular weight excluding hydrogens is 500 g/mol. The van der Waals surface area contributed by atoms with E-state index < -0.39 is 0 Å². The van der Waals surface area contributed by atoms with Gasteiger partial charge in [-0.25, -0.2) is 4.68 Å². The first kappa shape index (κ1) is 21.4. The van der Waals surface area contributed by atoms with Gasteiger partial charge in [0.05, 0.1) is 24.6 Å². The summed E-state index contributed by atoms with van der Waals surface area (Å²) in [7, 11) is 0. The van der Waals surface area contributed by atoms with Crippen molar-refractivity contribution in [1.29, 1.82) is 0 Å². The normalized spacial score (nSPS) is 10.6. The van der Waals surface area contributed by atoms with Crippen LogP contribution in [0.1, 0.15) is 5.56 Å². The lowest BCUT2D eigenvalue weighted by Crippen LogP contribution is -2.19. The Kier molecular flexibility index (Phi) is 6.86. The molecule has 0 aliphatic rings. The van der Waals surface area contributed by atoms with Crippen LogP contribution < -0.4 is 15.4 Å². The lowest BCUT2D eigenvalue weighted by molar-refractivity contribution is 0.221. The van der Waals surface area contributed by atoms with Crippen molar-refractivity contribution in [2.45, 2.75) is 13.3 Å². The summed E-state index contributed by atoms with van der Waals surface area (Å²) in [4.78, 5) is 0. The quantitative estimate of drug-likeness (QED) is 0.320. The highest BCUT2D eigenvalue weighted by Gasteiger charge is 2.05. The van der Waals surface area contributed by atoms with Crippen molar-refractivity contribution >= 4 is 56.4 Å². The fourth-order valence-electron chi connectivity index (χ4n) is 2.74. The van der Waals surface area contributed by atoms with Crippen LogP contribution in [0.15, 0.2) is 77.7 Å². The van der Waals surface area contributed by atoms with Crippen LogP contribution in [-0.2, 0) is 13.3 Å². The van der Waals surface area contributed by atoms with Crippen LogP contribution in [0, 0.1) is 0 Å². The molecule has 0 bridgehead atoms. The second-order valence-electron chi connectivity index (χ2n) is 6.60. The molecule has 7 nitrogen and oxygen atoms in total. The molecule has 0 aliphatic carbocycles. The summed E-state index contributed by atoms with van der Waals surface area (Å²) < 4.78 is 10.2. The Bertz CT molecular complexity index is 1160. The topological polar surface area (TPSA) is 68.9 Å². The standard InChI is InChI=1S/C21H18BrClN6OS/c22-16-3-7-19(8-4-16)30-14-29-13-18(11-24-29)25-21(31)26-20-9-10-28(27-20)12-15-1-5-17(23)6-2-15/h1-11,13H,12,14H2,(H2,25,26,27,31). The molecule has 31 heavy (non-hydrogen) atoms. The first-order chi connectivity index (χ1) is 15.0. The lowest BCUT2D eigenvalue weighted by atomic mass is 10.2. The molecule has 0 aliphatic heterocycles. The maximum absolute atomic E-state index is 5.93. The molecule has 0 unspecified atom stereocenters. The molecule has 0 saturated heterocycles. The molecule has 158 valence electrons. The van der Waals surface area contributed by atoms with Crippen LogP contribution in [0.2, 0.25) is 5.02 Å². The minimum absolute atomic E-state index is 0.290. The molecular formula is C21H18BrClN6OS. The van der Waals surface area contributed by atoms with E-state index in [0.717, 1.165) is 21.5 Å². The van der Waals surface area contributed by atoms with E-state index in [1.165, 1.54) is 0 Å². The smallest absolute Gasteiger partial charge is 0.180 e. The number of aromatic nitrogens is 4. The summed E-state index contributed by atoms with van der Waals surface area (Å²) in [6, 6.07) is 17.2. The van der Waals surface area contributed by atoms with E-state index in [1.54, 1.807) is 10.9 Å². The molecule has 4 aromatic rings. The number of hydrogen-bond donors (Lipinski definition) is 2. The highest BCUT2D eigenvalue weighted by Crippen LogP contribution is 2.17. The minimum atomic E-state index is 0.290. The second-order valence-corrected chi connectivity index (χ2v) is 8.36. The molecule has 4 rings (SSSR count). The predicted molar refractivity (Wildman–Crippen MR) is 130 cm³/mol. The fourth-order valence-corrected chi connectivity index (χ4v) is 3.35. The Hall–Kier alpha value is -2.88. The number of ether oxygens (including phenoxy) is 1. The van der Waals surface area contributed by atoms with Crippen molar-refractivity contribution in [1.82, 2.24) is 19.6 Å². The zero-order chi connectivity index (χ0) is 21.6. The average molecular weight is 518 g/mol. The number of anilines is 2. The first-order valence-corrected chi connectivity index (χ1v) is 10.9. The molecule has 2 aromatic carbocycles. The van der Waals surface area contributed by atoms with Crippen LogP contribution in [0.25, 0.3) is 0 Å². The van der Waals surface area contributed by atoms with Gasteiger partial charge in [-0.15, -0.1) is 0 Å². The minimum Gasteiger partial charge on any atom is -0.471 e. The Morgan fingerprint density at radius 3 is 2.58 bits per heavy atom. The molecule has 2 heterocycles. The number of benzene rings is 2. The van der Waals surface area contributed by atoms with Crippen molar-refractivity contribution in [3.05, 3.63) is 88.2 Å². The van der Waals surface area contributed by atoms with Gasteiger partial charge < -0.3 is 15.4 Å². The van der Waals surface area contributed by atoms with E-state index in [2.05, 4.69) is 36.8 Å². The zero-order valence-electron chi connectivity index (χ0n) is 16.2. The van der Waals surface area contributed by atoms with Crippen molar-refractivity contribution in [2.75, 3.05) is 10.6 Å². The summed E-state index contributed by atoms with van der Waals surface area (Å²) in [6.07, 6.45) is 5.38. The Balaban J connectivity index is 1.26. The molecule has 0 saturated carbocycles. The van der Waals surface area contributed by atoms with Gasteiger partial charge in [0.2, 0.25) is 0 Å². The van der Waals surface area contributed by atoms with Crippen molar-refractivity contribution < 1.29 is 4.74 Å². The lowest BCUT2D eigenvalue weighted by Gasteiger charge is -2.07. The largest absolute Gasteiger partial charge is 0.471 e. The van der Waals surface area contributed by atoms with Gasteiger partial charge in [0.15, 0.2) is 17.7 Å². The van der Waals surface area contributed by atoms with Crippen molar-refractivity contribution in [3.8, 4) is 5.75 Å². The van der Waals surface area contributed by atoms with Gasteiger partial charge in [-0.1, -0.05) is 39.7 Å². The predicted octanol–water partition coefficient (Wildman–Crippen LogP) is 5.39. The number of rotatable bonds is 7. The highest BCUT2D eigenvalue weighted by molar-refractivity contribution is 9.10. The number of halogens is 2. The molecule has 0 atom stereocenters. The SMILES string of the molecule is S=C(Nc1cnn(COc2ccc(Br)cc2)c1)Nc1ccn(Cc2ccc(Cl)cc2)n1. The molecule has 0 amide bonds. The van der Waals surface area contributed by atoms with E-state index >= 15 is 0 Å². The van der Waals surface area contributed by atoms with Gasteiger partial charge in [0.1, 0.15) is 5.75 Å². The Labute approximate surface area is 198 Å². The average Bonchev–Trinajstić information content (AvgIpc) is 3.38. The molecule has 0 radical (unpaired) electrons. The summed E-state index contributed by atoms with van der Waals surface area (Å²) in [5.41, 5.74) is 1.86. The van der Waals surface area contributed by atoms with E-state index in [1.807, 2.05) is 71.7 Å². The maximum atomic E-state index is 5.93. The Morgan fingerprint density at radius 1 is 1.03 bits per heavy atom. The number of nitrogens with zero attached hydrogens (tertiary/aromatic N) is 4. The van der Waals surface area contributed by atoms with Crippen LogP contribution in [-0.4, -0.2) is 24.7 Å². The van der Waals surface area contributed by atoms with E-state index in [4.69, 9.17) is 28.6 Å². The third-order valence-corrected chi connectivity index (χ3v) is 5.19. The first-order valence-electron chi connectivity index (χ1n) is 9.30. The summed E-state index contributed by atoms with van der Waals surface area (Å²) in [5.74, 6) is 1.41. The zero-order valence-corrected chi connectivity index (χ0v) is 19.4. The molecule has 0 spiro atoms. The van der Waals surface area contributed by atoms with Crippen molar-refractivity contribution in [3.63, 3.8) is 0 Å². The van der Waals surface area contributed by atoms with Crippen LogP contribution in [0.4, 0.5) is 11.5 Å². The van der Waals surface area contributed by atoms with E-state index in [0.29, 0.717) is 29.2 Å². The summed E-state index contributed by atoms with van der Waals surface area (Å²) in [6.45, 7) is 0.933. The fraction of sp³-hybridized carbons (Fsp3) is 0.0952. The second kappa shape index (κ2) is 9.95. The van der Waals surface area contributed by atoms with Crippen molar-refractivity contribution in [2.24, 2.45) is 0 Å². The van der Waals surface area contributed by atoms with Gasteiger partial charge in [0.25, 0.3) is 0 Å².